The van der Waals surface area contributed by atoms with E-state index in [1.807, 2.05) is 33.0 Å². The highest BCUT2D eigenvalue weighted by Crippen LogP contribution is 2.32. The van der Waals surface area contributed by atoms with E-state index in [2.05, 4.69) is 9.62 Å². The van der Waals surface area contributed by atoms with Crippen LogP contribution in [0.25, 0.3) is 0 Å². The first-order valence-electron chi connectivity index (χ1n) is 13.3. The van der Waals surface area contributed by atoms with Crippen molar-refractivity contribution >= 4 is 44.8 Å². The zero-order chi connectivity index (χ0) is 29.9. The molecule has 1 aliphatic heterocycles. The molecule has 3 aromatic carbocycles. The van der Waals surface area contributed by atoms with E-state index in [1.54, 1.807) is 42.2 Å². The second-order valence-electron chi connectivity index (χ2n) is 10.7. The quantitative estimate of drug-likeness (QED) is 0.330. The van der Waals surface area contributed by atoms with Crippen LogP contribution in [0.2, 0.25) is 10.0 Å². The number of sulfonamides is 1. The molecule has 0 aliphatic carbocycles. The Morgan fingerprint density at radius 2 is 1.80 bits per heavy atom. The second kappa shape index (κ2) is 13.0. The van der Waals surface area contributed by atoms with Crippen molar-refractivity contribution in [2.45, 2.75) is 44.4 Å². The summed E-state index contributed by atoms with van der Waals surface area (Å²) in [6.07, 6.45) is -0.307. The van der Waals surface area contributed by atoms with E-state index in [-0.39, 0.29) is 40.7 Å². The Morgan fingerprint density at radius 3 is 2.46 bits per heavy atom. The van der Waals surface area contributed by atoms with Crippen LogP contribution >= 0.6 is 23.2 Å². The average Bonchev–Trinajstić information content (AvgIpc) is 2.92. The van der Waals surface area contributed by atoms with E-state index in [4.69, 9.17) is 27.9 Å². The maximum Gasteiger partial charge on any atom is 0.261 e. The summed E-state index contributed by atoms with van der Waals surface area (Å²) in [7, 11) is -1.90. The minimum Gasteiger partial charge on any atom is -0.488 e. The molecule has 0 saturated heterocycles. The van der Waals surface area contributed by atoms with Crippen molar-refractivity contribution in [3.63, 3.8) is 0 Å². The van der Waals surface area contributed by atoms with Crippen LogP contribution in [0.3, 0.4) is 0 Å². The summed E-state index contributed by atoms with van der Waals surface area (Å²) in [6, 6.07) is 16.3. The summed E-state index contributed by atoms with van der Waals surface area (Å²) in [6.45, 7) is 6.95. The van der Waals surface area contributed by atoms with Crippen molar-refractivity contribution in [3.8, 4) is 5.75 Å². The van der Waals surface area contributed by atoms with Gasteiger partial charge in [-0.1, -0.05) is 53.9 Å². The van der Waals surface area contributed by atoms with E-state index in [0.717, 1.165) is 11.1 Å². The van der Waals surface area contributed by atoms with Crippen LogP contribution in [0.5, 0.6) is 5.75 Å². The Balaban J connectivity index is 1.62. The van der Waals surface area contributed by atoms with Crippen LogP contribution < -0.4 is 9.46 Å². The van der Waals surface area contributed by atoms with Crippen molar-refractivity contribution in [3.05, 3.63) is 87.4 Å². The lowest BCUT2D eigenvalue weighted by Crippen LogP contribution is -2.49. The summed E-state index contributed by atoms with van der Waals surface area (Å²) < 4.78 is 35.1. The molecule has 3 atom stereocenters. The SMILES string of the molecule is Cc1ccc(S(=O)(=O)Nc2ccc3c(c2)C(=O)N([C@@H](C)CO)C[C@@H](C)[C@@H](CN(C)Cc2ccc(Cl)c(Cl)c2)O3)cc1. The number of fused-ring (bicyclic) bond motifs is 1. The number of ether oxygens (including phenoxy) is 1. The van der Waals surface area contributed by atoms with Gasteiger partial charge in [0.25, 0.3) is 15.9 Å². The molecule has 1 amide bonds. The first kappa shape index (κ1) is 31.1. The van der Waals surface area contributed by atoms with Gasteiger partial charge >= 0.3 is 0 Å². The first-order valence-corrected chi connectivity index (χ1v) is 15.6. The summed E-state index contributed by atoms with van der Waals surface area (Å²) in [5.74, 6) is -0.0626. The lowest BCUT2D eigenvalue weighted by molar-refractivity contribution is 0.0341. The molecule has 0 radical (unpaired) electrons. The van der Waals surface area contributed by atoms with E-state index in [0.29, 0.717) is 35.4 Å². The van der Waals surface area contributed by atoms with Gasteiger partial charge in [0, 0.05) is 31.2 Å². The predicted molar refractivity (Wildman–Crippen MR) is 162 cm³/mol. The molecule has 0 aromatic heterocycles. The number of aryl methyl sites for hydroxylation is 1. The first-order chi connectivity index (χ1) is 19.4. The van der Waals surface area contributed by atoms with Gasteiger partial charge in [-0.2, -0.15) is 0 Å². The third-order valence-electron chi connectivity index (χ3n) is 7.18. The normalized spacial score (nSPS) is 18.3. The number of anilines is 1. The molecular formula is C30H35Cl2N3O5S. The lowest BCUT2D eigenvalue weighted by Gasteiger charge is -2.38. The topological polar surface area (TPSA) is 99.2 Å². The molecule has 0 saturated carbocycles. The minimum atomic E-state index is -3.88. The number of hydrogen-bond donors (Lipinski definition) is 2. The molecule has 0 bridgehead atoms. The van der Waals surface area contributed by atoms with Gasteiger partial charge in [0.15, 0.2) is 0 Å². The van der Waals surface area contributed by atoms with Crippen molar-refractivity contribution in [2.75, 3.05) is 31.5 Å². The summed E-state index contributed by atoms with van der Waals surface area (Å²) in [4.78, 5) is 17.6. The number of carbonyl (C=O) groups is 1. The maximum atomic E-state index is 13.7. The number of rotatable bonds is 9. The van der Waals surface area contributed by atoms with Gasteiger partial charge in [-0.3, -0.25) is 14.4 Å². The molecule has 0 spiro atoms. The molecule has 41 heavy (non-hydrogen) atoms. The highest BCUT2D eigenvalue weighted by atomic mass is 35.5. The second-order valence-corrected chi connectivity index (χ2v) is 13.2. The van der Waals surface area contributed by atoms with Crippen LogP contribution in [0.4, 0.5) is 5.69 Å². The zero-order valence-corrected chi connectivity index (χ0v) is 25.8. The number of amides is 1. The molecule has 4 rings (SSSR count). The number of nitrogens with zero attached hydrogens (tertiary/aromatic N) is 2. The minimum absolute atomic E-state index is 0.0722. The monoisotopic (exact) mass is 619 g/mol. The molecule has 220 valence electrons. The fourth-order valence-electron chi connectivity index (χ4n) is 4.76. The molecule has 2 N–H and O–H groups in total. The zero-order valence-electron chi connectivity index (χ0n) is 23.5. The van der Waals surface area contributed by atoms with Crippen LogP contribution in [-0.2, 0) is 16.6 Å². The Kier molecular flexibility index (Phi) is 9.87. The third-order valence-corrected chi connectivity index (χ3v) is 9.31. The maximum absolute atomic E-state index is 13.7. The molecule has 8 nitrogen and oxygen atoms in total. The number of aliphatic hydroxyl groups is 1. The van der Waals surface area contributed by atoms with Crippen molar-refractivity contribution < 1.29 is 23.1 Å². The molecule has 1 aliphatic rings. The summed E-state index contributed by atoms with van der Waals surface area (Å²) in [5, 5.41) is 10.9. The Morgan fingerprint density at radius 1 is 1.10 bits per heavy atom. The Labute approximate surface area is 251 Å². The van der Waals surface area contributed by atoms with E-state index in [1.165, 1.54) is 18.2 Å². The lowest BCUT2D eigenvalue weighted by atomic mass is 9.99. The summed E-state index contributed by atoms with van der Waals surface area (Å²) in [5.41, 5.74) is 2.40. The summed E-state index contributed by atoms with van der Waals surface area (Å²) >= 11 is 12.3. The van der Waals surface area contributed by atoms with Crippen LogP contribution in [0.1, 0.15) is 35.3 Å². The van der Waals surface area contributed by atoms with Gasteiger partial charge in [-0.25, -0.2) is 8.42 Å². The van der Waals surface area contributed by atoms with E-state index in [9.17, 15) is 18.3 Å². The number of halogens is 2. The van der Waals surface area contributed by atoms with Gasteiger partial charge in [0.1, 0.15) is 11.9 Å². The van der Waals surface area contributed by atoms with Gasteiger partial charge in [0.2, 0.25) is 0 Å². The average molecular weight is 621 g/mol. The fraction of sp³-hybridized carbons (Fsp3) is 0.367. The van der Waals surface area contributed by atoms with Crippen molar-refractivity contribution in [1.29, 1.82) is 0 Å². The van der Waals surface area contributed by atoms with Gasteiger partial charge < -0.3 is 14.7 Å². The number of carbonyl (C=O) groups excluding carboxylic acids is 1. The van der Waals surface area contributed by atoms with Crippen molar-refractivity contribution in [1.82, 2.24) is 9.80 Å². The van der Waals surface area contributed by atoms with Crippen LogP contribution in [0.15, 0.2) is 65.6 Å². The molecule has 0 unspecified atom stereocenters. The van der Waals surface area contributed by atoms with E-state index >= 15 is 0 Å². The third kappa shape index (κ3) is 7.53. The van der Waals surface area contributed by atoms with Gasteiger partial charge in [-0.05, 0) is 68.9 Å². The largest absolute Gasteiger partial charge is 0.488 e. The van der Waals surface area contributed by atoms with E-state index < -0.39 is 16.1 Å². The highest BCUT2D eigenvalue weighted by Gasteiger charge is 2.33. The number of aliphatic hydroxyl groups excluding tert-OH is 1. The van der Waals surface area contributed by atoms with Crippen LogP contribution in [-0.4, -0.2) is 68.1 Å². The molecule has 11 heteroatoms. The molecule has 0 fully saturated rings. The standard InChI is InChI=1S/C30H35Cl2N3O5S/c1-19-5-9-24(10-6-19)41(38,39)33-23-8-12-28-25(14-23)30(37)35(21(3)18-36)15-20(2)29(40-28)17-34(4)16-22-7-11-26(31)27(32)13-22/h5-14,20-21,29,33,36H,15-18H2,1-4H3/t20-,21+,29-/m1/s1. The fourth-order valence-corrected chi connectivity index (χ4v) is 6.13. The van der Waals surface area contributed by atoms with Gasteiger partial charge in [0.05, 0.1) is 33.2 Å². The molecule has 1 heterocycles. The van der Waals surface area contributed by atoms with Crippen LogP contribution in [0, 0.1) is 12.8 Å². The number of benzene rings is 3. The van der Waals surface area contributed by atoms with Crippen molar-refractivity contribution in [2.24, 2.45) is 5.92 Å². The number of likely N-dealkylation sites (N-methyl/N-ethyl adjacent to an activating group) is 1. The Bertz CT molecular complexity index is 1500. The number of nitrogens with one attached hydrogen (secondary N) is 1. The predicted octanol–water partition coefficient (Wildman–Crippen LogP) is 5.45. The number of hydrogen-bond acceptors (Lipinski definition) is 6. The Hall–Kier alpha value is -2.82. The van der Waals surface area contributed by atoms with Gasteiger partial charge in [-0.15, -0.1) is 0 Å². The molecular weight excluding hydrogens is 585 g/mol. The highest BCUT2D eigenvalue weighted by molar-refractivity contribution is 7.92. The smallest absolute Gasteiger partial charge is 0.261 e. The molecule has 3 aromatic rings.